The molecule has 0 spiro atoms. The highest BCUT2D eigenvalue weighted by atomic mass is 32.1. The molecule has 110 valence electrons. The molecule has 2 fully saturated rings. The molecule has 2 aliphatic heterocycles. The molecule has 1 amide bonds. The van der Waals surface area contributed by atoms with Crippen LogP contribution in [0.2, 0.25) is 0 Å². The normalized spacial score (nSPS) is 27.9. The van der Waals surface area contributed by atoms with Gasteiger partial charge in [0.15, 0.2) is 0 Å². The summed E-state index contributed by atoms with van der Waals surface area (Å²) in [6.07, 6.45) is 1.30. The van der Waals surface area contributed by atoms with Gasteiger partial charge in [-0.15, -0.1) is 11.3 Å². The first-order valence-electron chi connectivity index (χ1n) is 7.45. The van der Waals surface area contributed by atoms with Gasteiger partial charge in [-0.1, -0.05) is 6.07 Å². The quantitative estimate of drug-likeness (QED) is 0.921. The Balaban J connectivity index is 1.65. The Hall–Kier alpha value is -0.910. The van der Waals surface area contributed by atoms with Crippen LogP contribution in [0.1, 0.15) is 31.3 Å². The van der Waals surface area contributed by atoms with E-state index in [4.69, 9.17) is 0 Å². The number of rotatable bonds is 4. The summed E-state index contributed by atoms with van der Waals surface area (Å²) in [5.74, 6) is 0.857. The smallest absolute Gasteiger partial charge is 0.238 e. The molecule has 2 atom stereocenters. The van der Waals surface area contributed by atoms with Crippen LogP contribution in [0.15, 0.2) is 17.5 Å². The average Bonchev–Trinajstić information content (AvgIpc) is 3.12. The van der Waals surface area contributed by atoms with E-state index in [-0.39, 0.29) is 12.1 Å². The molecule has 2 unspecified atom stereocenters. The summed E-state index contributed by atoms with van der Waals surface area (Å²) in [6, 6.07) is 4.78. The van der Waals surface area contributed by atoms with E-state index in [1.165, 1.54) is 17.8 Å². The fraction of sp³-hybridized carbons (Fsp3) is 0.667. The lowest BCUT2D eigenvalue weighted by molar-refractivity contribution is -0.128. The second-order valence-corrected chi connectivity index (χ2v) is 7.07. The number of nitrogens with zero attached hydrogens (tertiary/aromatic N) is 2. The highest BCUT2D eigenvalue weighted by Gasteiger charge is 2.35. The van der Waals surface area contributed by atoms with Crippen LogP contribution in [0.4, 0.5) is 0 Å². The van der Waals surface area contributed by atoms with Gasteiger partial charge >= 0.3 is 0 Å². The molecule has 0 aromatic carbocycles. The minimum atomic E-state index is 0.0931. The van der Waals surface area contributed by atoms with E-state index in [0.29, 0.717) is 18.5 Å². The molecule has 5 heteroatoms. The lowest BCUT2D eigenvalue weighted by atomic mass is 10.1. The van der Waals surface area contributed by atoms with Crippen molar-refractivity contribution in [3.63, 3.8) is 0 Å². The van der Waals surface area contributed by atoms with E-state index >= 15 is 0 Å². The summed E-state index contributed by atoms with van der Waals surface area (Å²) in [6.45, 7) is 8.15. The molecular formula is C15H23N3OS. The van der Waals surface area contributed by atoms with E-state index in [1.807, 2.05) is 4.90 Å². The first-order chi connectivity index (χ1) is 9.65. The molecule has 1 N–H and O–H groups in total. The predicted octanol–water partition coefficient (Wildman–Crippen LogP) is 1.91. The van der Waals surface area contributed by atoms with Crippen LogP contribution in [-0.4, -0.2) is 47.9 Å². The van der Waals surface area contributed by atoms with Crippen molar-refractivity contribution in [1.82, 2.24) is 15.1 Å². The molecule has 0 saturated carbocycles. The second-order valence-electron chi connectivity index (χ2n) is 6.09. The van der Waals surface area contributed by atoms with Gasteiger partial charge in [0.2, 0.25) is 5.91 Å². The van der Waals surface area contributed by atoms with Crippen molar-refractivity contribution in [2.45, 2.75) is 32.5 Å². The summed E-state index contributed by atoms with van der Waals surface area (Å²) < 4.78 is 0. The fourth-order valence-corrected chi connectivity index (χ4v) is 4.02. The van der Waals surface area contributed by atoms with Crippen LogP contribution in [0.25, 0.3) is 0 Å². The number of hydrogen-bond acceptors (Lipinski definition) is 4. The predicted molar refractivity (Wildman–Crippen MR) is 81.6 cm³/mol. The SMILES string of the molecule is CC(C)N1CCC(CN2C(=O)CNC2c2cccs2)C1. The summed E-state index contributed by atoms with van der Waals surface area (Å²) >= 11 is 1.72. The van der Waals surface area contributed by atoms with Crippen molar-refractivity contribution in [3.05, 3.63) is 22.4 Å². The molecule has 3 rings (SSSR count). The van der Waals surface area contributed by atoms with Crippen LogP contribution >= 0.6 is 11.3 Å². The Kier molecular flexibility index (Phi) is 4.10. The Morgan fingerprint density at radius 3 is 3.00 bits per heavy atom. The monoisotopic (exact) mass is 293 g/mol. The van der Waals surface area contributed by atoms with E-state index in [0.717, 1.165) is 13.1 Å². The van der Waals surface area contributed by atoms with Gasteiger partial charge in [0.1, 0.15) is 6.17 Å². The minimum Gasteiger partial charge on any atom is -0.321 e. The maximum absolute atomic E-state index is 12.1. The number of carbonyl (C=O) groups excluding carboxylic acids is 1. The average molecular weight is 293 g/mol. The van der Waals surface area contributed by atoms with Gasteiger partial charge in [0, 0.05) is 24.0 Å². The van der Waals surface area contributed by atoms with Crippen LogP contribution < -0.4 is 5.32 Å². The topological polar surface area (TPSA) is 35.6 Å². The highest BCUT2D eigenvalue weighted by Crippen LogP contribution is 2.29. The molecule has 1 aromatic heterocycles. The molecule has 0 bridgehead atoms. The third kappa shape index (κ3) is 2.75. The molecule has 1 aromatic rings. The number of thiophene rings is 1. The fourth-order valence-electron chi connectivity index (χ4n) is 3.21. The number of nitrogens with one attached hydrogen (secondary N) is 1. The van der Waals surface area contributed by atoms with Crippen molar-refractivity contribution in [3.8, 4) is 0 Å². The standard InChI is InChI=1S/C15H23N3OS/c1-11(2)17-6-5-12(9-17)10-18-14(19)8-16-15(18)13-4-3-7-20-13/h3-4,7,11-12,15-16H,5-6,8-10H2,1-2H3. The van der Waals surface area contributed by atoms with Gasteiger partial charge in [0.05, 0.1) is 6.54 Å². The van der Waals surface area contributed by atoms with Crippen molar-refractivity contribution in [1.29, 1.82) is 0 Å². The highest BCUT2D eigenvalue weighted by molar-refractivity contribution is 7.10. The number of amides is 1. The zero-order chi connectivity index (χ0) is 14.1. The Morgan fingerprint density at radius 2 is 2.35 bits per heavy atom. The van der Waals surface area contributed by atoms with Crippen molar-refractivity contribution < 1.29 is 4.79 Å². The van der Waals surface area contributed by atoms with Crippen molar-refractivity contribution in [2.24, 2.45) is 5.92 Å². The molecule has 0 aliphatic carbocycles. The molecule has 0 radical (unpaired) electrons. The number of likely N-dealkylation sites (tertiary alicyclic amines) is 1. The Labute approximate surface area is 124 Å². The van der Waals surface area contributed by atoms with Crippen LogP contribution in [0.5, 0.6) is 0 Å². The summed E-state index contributed by atoms with van der Waals surface area (Å²) in [7, 11) is 0. The zero-order valence-electron chi connectivity index (χ0n) is 12.2. The maximum Gasteiger partial charge on any atom is 0.238 e. The first-order valence-corrected chi connectivity index (χ1v) is 8.33. The van der Waals surface area contributed by atoms with Gasteiger partial charge < -0.3 is 9.80 Å². The van der Waals surface area contributed by atoms with Crippen LogP contribution in [-0.2, 0) is 4.79 Å². The first kappa shape index (κ1) is 14.0. The van der Waals surface area contributed by atoms with Crippen LogP contribution in [0.3, 0.4) is 0 Å². The molecular weight excluding hydrogens is 270 g/mol. The van der Waals surface area contributed by atoms with Gasteiger partial charge in [-0.2, -0.15) is 0 Å². The van der Waals surface area contributed by atoms with Crippen molar-refractivity contribution in [2.75, 3.05) is 26.2 Å². The maximum atomic E-state index is 12.1. The lowest BCUT2D eigenvalue weighted by Gasteiger charge is -2.27. The van der Waals surface area contributed by atoms with Gasteiger partial charge in [-0.25, -0.2) is 0 Å². The molecule has 4 nitrogen and oxygen atoms in total. The largest absolute Gasteiger partial charge is 0.321 e. The van der Waals surface area contributed by atoms with Gasteiger partial charge in [0.25, 0.3) is 0 Å². The Morgan fingerprint density at radius 1 is 1.50 bits per heavy atom. The van der Waals surface area contributed by atoms with E-state index in [1.54, 1.807) is 11.3 Å². The number of carbonyl (C=O) groups is 1. The van der Waals surface area contributed by atoms with E-state index < -0.39 is 0 Å². The van der Waals surface area contributed by atoms with Gasteiger partial charge in [-0.05, 0) is 44.2 Å². The minimum absolute atomic E-state index is 0.0931. The van der Waals surface area contributed by atoms with Crippen molar-refractivity contribution >= 4 is 17.2 Å². The number of hydrogen-bond donors (Lipinski definition) is 1. The van der Waals surface area contributed by atoms with Crippen LogP contribution in [0, 0.1) is 5.92 Å². The molecule has 2 aliphatic rings. The second kappa shape index (κ2) is 5.84. The van der Waals surface area contributed by atoms with Gasteiger partial charge in [-0.3, -0.25) is 10.1 Å². The summed E-state index contributed by atoms with van der Waals surface area (Å²) in [5.41, 5.74) is 0. The lowest BCUT2D eigenvalue weighted by Crippen LogP contribution is -2.36. The van der Waals surface area contributed by atoms with E-state index in [2.05, 4.69) is 41.6 Å². The third-order valence-electron chi connectivity index (χ3n) is 4.39. The molecule has 3 heterocycles. The summed E-state index contributed by atoms with van der Waals surface area (Å²) in [4.78, 5) is 17.9. The molecule has 2 saturated heterocycles. The zero-order valence-corrected chi connectivity index (χ0v) is 13.0. The van der Waals surface area contributed by atoms with E-state index in [9.17, 15) is 4.79 Å². The third-order valence-corrected chi connectivity index (χ3v) is 5.32. The Bertz CT molecular complexity index is 460. The summed E-state index contributed by atoms with van der Waals surface area (Å²) in [5, 5.41) is 5.42. The molecule has 20 heavy (non-hydrogen) atoms.